The Hall–Kier alpha value is -3.31. The summed E-state index contributed by atoms with van der Waals surface area (Å²) in [6.07, 6.45) is 0. The smallest absolute Gasteiger partial charge is 0.230 e. The summed E-state index contributed by atoms with van der Waals surface area (Å²) in [6.45, 7) is 1.99. The molecule has 1 atom stereocenters. The van der Waals surface area contributed by atoms with Crippen LogP contribution in [-0.2, 0) is 4.79 Å². The zero-order valence-corrected chi connectivity index (χ0v) is 17.5. The number of carbonyl (C=O) groups is 1. The molecule has 0 aliphatic rings. The van der Waals surface area contributed by atoms with Crippen LogP contribution in [0.4, 0.5) is 0 Å². The zero-order valence-electron chi connectivity index (χ0n) is 16.7. The van der Waals surface area contributed by atoms with E-state index in [1.165, 1.54) is 11.8 Å². The number of amides is 1. The molecule has 1 heterocycles. The number of imidazole rings is 1. The molecule has 150 valence electrons. The summed E-state index contributed by atoms with van der Waals surface area (Å²) in [5.41, 5.74) is 5.05. The van der Waals surface area contributed by atoms with E-state index in [9.17, 15) is 4.79 Å². The Balaban J connectivity index is 1.49. The van der Waals surface area contributed by atoms with E-state index in [0.717, 1.165) is 33.2 Å². The van der Waals surface area contributed by atoms with Crippen LogP contribution in [0, 0.1) is 0 Å². The molecule has 0 bridgehead atoms. The number of aromatic amines is 1. The predicted octanol–water partition coefficient (Wildman–Crippen LogP) is 5.71. The first kappa shape index (κ1) is 20.0. The fraction of sp³-hybridized carbons (Fsp3) is 0.120. The molecular weight excluding hydrogens is 390 g/mol. The molecule has 1 amide bonds. The van der Waals surface area contributed by atoms with Gasteiger partial charge in [-0.05, 0) is 12.5 Å². The molecule has 3 aromatic carbocycles. The highest BCUT2D eigenvalue weighted by molar-refractivity contribution is 7.99. The van der Waals surface area contributed by atoms with Crippen LogP contribution in [0.1, 0.15) is 18.5 Å². The Morgan fingerprint density at radius 3 is 2.10 bits per heavy atom. The number of H-pyrrole nitrogens is 1. The fourth-order valence-corrected chi connectivity index (χ4v) is 3.96. The van der Waals surface area contributed by atoms with Gasteiger partial charge in [0.25, 0.3) is 0 Å². The minimum absolute atomic E-state index is 0.0183. The first-order valence-corrected chi connectivity index (χ1v) is 10.9. The number of nitrogens with zero attached hydrogens (tertiary/aromatic N) is 1. The van der Waals surface area contributed by atoms with Gasteiger partial charge in [0.2, 0.25) is 5.91 Å². The molecule has 0 fully saturated rings. The lowest BCUT2D eigenvalue weighted by Gasteiger charge is -2.13. The summed E-state index contributed by atoms with van der Waals surface area (Å²) in [4.78, 5) is 20.7. The molecular formula is C25H23N3OS. The van der Waals surface area contributed by atoms with E-state index in [4.69, 9.17) is 4.98 Å². The molecule has 5 heteroatoms. The maximum Gasteiger partial charge on any atom is 0.230 e. The molecule has 2 N–H and O–H groups in total. The van der Waals surface area contributed by atoms with Gasteiger partial charge in [-0.2, -0.15) is 0 Å². The van der Waals surface area contributed by atoms with E-state index in [2.05, 4.69) is 22.4 Å². The van der Waals surface area contributed by atoms with E-state index in [0.29, 0.717) is 5.75 Å². The Labute approximate surface area is 180 Å². The van der Waals surface area contributed by atoms with Gasteiger partial charge in [0, 0.05) is 11.1 Å². The van der Waals surface area contributed by atoms with Crippen molar-refractivity contribution < 1.29 is 4.79 Å². The molecule has 4 rings (SSSR count). The van der Waals surface area contributed by atoms with Crippen molar-refractivity contribution in [2.24, 2.45) is 0 Å². The molecule has 0 aliphatic heterocycles. The maximum atomic E-state index is 12.5. The molecule has 0 saturated heterocycles. The summed E-state index contributed by atoms with van der Waals surface area (Å²) in [6, 6.07) is 30.2. The molecule has 4 nitrogen and oxygen atoms in total. The van der Waals surface area contributed by atoms with Crippen molar-refractivity contribution in [3.05, 3.63) is 96.6 Å². The number of benzene rings is 3. The van der Waals surface area contributed by atoms with Crippen molar-refractivity contribution in [3.63, 3.8) is 0 Å². The average Bonchev–Trinajstić information content (AvgIpc) is 3.24. The van der Waals surface area contributed by atoms with Gasteiger partial charge in [-0.3, -0.25) is 4.79 Å². The third kappa shape index (κ3) is 4.81. The summed E-state index contributed by atoms with van der Waals surface area (Å²) in [5, 5.41) is 3.78. The Morgan fingerprint density at radius 2 is 1.47 bits per heavy atom. The molecule has 0 saturated carbocycles. The molecule has 0 spiro atoms. The molecule has 0 radical (unpaired) electrons. The van der Waals surface area contributed by atoms with Gasteiger partial charge in [-0.25, -0.2) is 4.98 Å². The van der Waals surface area contributed by atoms with Crippen LogP contribution in [0.25, 0.3) is 22.5 Å². The van der Waals surface area contributed by atoms with Crippen LogP contribution in [0.2, 0.25) is 0 Å². The van der Waals surface area contributed by atoms with E-state index in [1.54, 1.807) is 0 Å². The van der Waals surface area contributed by atoms with Crippen molar-refractivity contribution in [3.8, 4) is 22.5 Å². The minimum Gasteiger partial charge on any atom is -0.349 e. The van der Waals surface area contributed by atoms with Gasteiger partial charge in [0.05, 0.1) is 23.2 Å². The van der Waals surface area contributed by atoms with Gasteiger partial charge in [-0.15, -0.1) is 0 Å². The van der Waals surface area contributed by atoms with Gasteiger partial charge < -0.3 is 10.3 Å². The molecule has 1 aromatic heterocycles. The largest absolute Gasteiger partial charge is 0.349 e. The van der Waals surface area contributed by atoms with Gasteiger partial charge >= 0.3 is 0 Å². The van der Waals surface area contributed by atoms with Crippen molar-refractivity contribution in [2.45, 2.75) is 18.1 Å². The second kappa shape index (κ2) is 9.46. The van der Waals surface area contributed by atoms with Crippen molar-refractivity contribution in [2.75, 3.05) is 5.75 Å². The lowest BCUT2D eigenvalue weighted by molar-refractivity contribution is -0.119. The normalized spacial score (nSPS) is 11.8. The van der Waals surface area contributed by atoms with E-state index < -0.39 is 0 Å². The van der Waals surface area contributed by atoms with Crippen LogP contribution >= 0.6 is 11.8 Å². The SMILES string of the molecule is C[C@@H](NC(=O)CSc1nc(-c2ccccc2)c(-c2ccccc2)[nH]1)c1ccccc1. The number of hydrogen-bond donors (Lipinski definition) is 2. The Bertz CT molecular complexity index is 1040. The van der Waals surface area contributed by atoms with Gasteiger partial charge in [0.15, 0.2) is 5.16 Å². The highest BCUT2D eigenvalue weighted by Gasteiger charge is 2.16. The van der Waals surface area contributed by atoms with Crippen molar-refractivity contribution in [1.82, 2.24) is 15.3 Å². The minimum atomic E-state index is -0.0318. The quantitative estimate of drug-likeness (QED) is 0.381. The number of hydrogen-bond acceptors (Lipinski definition) is 3. The van der Waals surface area contributed by atoms with E-state index in [1.807, 2.05) is 85.8 Å². The predicted molar refractivity (Wildman–Crippen MR) is 123 cm³/mol. The van der Waals surface area contributed by atoms with Crippen LogP contribution in [-0.4, -0.2) is 21.6 Å². The molecule has 4 aromatic rings. The topological polar surface area (TPSA) is 57.8 Å². The monoisotopic (exact) mass is 413 g/mol. The number of thioether (sulfide) groups is 1. The Morgan fingerprint density at radius 1 is 0.900 bits per heavy atom. The lowest BCUT2D eigenvalue weighted by Crippen LogP contribution is -2.28. The van der Waals surface area contributed by atoms with E-state index >= 15 is 0 Å². The van der Waals surface area contributed by atoms with Crippen molar-refractivity contribution in [1.29, 1.82) is 0 Å². The molecule has 0 aliphatic carbocycles. The summed E-state index contributed by atoms with van der Waals surface area (Å²) >= 11 is 1.41. The number of aromatic nitrogens is 2. The summed E-state index contributed by atoms with van der Waals surface area (Å²) in [7, 11) is 0. The van der Waals surface area contributed by atoms with Crippen LogP contribution in [0.5, 0.6) is 0 Å². The third-order valence-corrected chi connectivity index (χ3v) is 5.68. The van der Waals surface area contributed by atoms with E-state index in [-0.39, 0.29) is 11.9 Å². The highest BCUT2D eigenvalue weighted by atomic mass is 32.2. The number of carbonyl (C=O) groups excluding carboxylic acids is 1. The number of rotatable bonds is 7. The second-order valence-electron chi connectivity index (χ2n) is 6.99. The standard InChI is InChI=1S/C25H23N3OS/c1-18(19-11-5-2-6-12-19)26-22(29)17-30-25-27-23(20-13-7-3-8-14-20)24(28-25)21-15-9-4-10-16-21/h2-16,18H,17H2,1H3,(H,26,29)(H,27,28)/t18-/m1/s1. The highest BCUT2D eigenvalue weighted by Crippen LogP contribution is 2.32. The van der Waals surface area contributed by atoms with Crippen LogP contribution in [0.15, 0.2) is 96.2 Å². The number of nitrogens with one attached hydrogen (secondary N) is 2. The van der Waals surface area contributed by atoms with Gasteiger partial charge in [-0.1, -0.05) is 103 Å². The first-order valence-electron chi connectivity index (χ1n) is 9.88. The second-order valence-corrected chi connectivity index (χ2v) is 7.95. The third-order valence-electron chi connectivity index (χ3n) is 4.81. The fourth-order valence-electron chi connectivity index (χ4n) is 3.28. The summed E-state index contributed by atoms with van der Waals surface area (Å²) < 4.78 is 0. The molecule has 0 unspecified atom stereocenters. The van der Waals surface area contributed by atoms with Crippen molar-refractivity contribution >= 4 is 17.7 Å². The average molecular weight is 414 g/mol. The van der Waals surface area contributed by atoms with Crippen LogP contribution in [0.3, 0.4) is 0 Å². The zero-order chi connectivity index (χ0) is 20.8. The Kier molecular flexibility index (Phi) is 6.30. The summed E-state index contributed by atoms with van der Waals surface area (Å²) in [5.74, 6) is 0.280. The van der Waals surface area contributed by atoms with Gasteiger partial charge in [0.1, 0.15) is 0 Å². The first-order chi connectivity index (χ1) is 14.7. The van der Waals surface area contributed by atoms with Crippen LogP contribution < -0.4 is 5.32 Å². The molecule has 30 heavy (non-hydrogen) atoms. The maximum absolute atomic E-state index is 12.5. The lowest BCUT2D eigenvalue weighted by atomic mass is 10.1.